The molecule has 1 saturated carbocycles. The smallest absolute Gasteiger partial charge is 0.0719 e. The normalized spacial score (nSPS) is 23.7. The minimum Gasteiger partial charge on any atom is -0.396 e. The topological polar surface area (TPSA) is 43.8 Å². The fourth-order valence-electron chi connectivity index (χ4n) is 2.07. The molecule has 2 rings (SSSR count). The summed E-state index contributed by atoms with van der Waals surface area (Å²) in [5, 5.41) is 4.16. The molecule has 0 saturated heterocycles. The summed E-state index contributed by atoms with van der Waals surface area (Å²) in [6.07, 6.45) is 7.55. The van der Waals surface area contributed by atoms with Crippen LogP contribution in [-0.2, 0) is 6.54 Å². The van der Waals surface area contributed by atoms with Gasteiger partial charge in [0.15, 0.2) is 0 Å². The average Bonchev–Trinajstić information content (AvgIpc) is 2.53. The highest BCUT2D eigenvalue weighted by Crippen LogP contribution is 2.54. The molecule has 2 N–H and O–H groups in total. The van der Waals surface area contributed by atoms with Crippen LogP contribution in [0.15, 0.2) is 12.4 Å². The quantitative estimate of drug-likeness (QED) is 0.797. The van der Waals surface area contributed by atoms with Crippen LogP contribution < -0.4 is 5.73 Å². The predicted octanol–water partition coefficient (Wildman–Crippen LogP) is 2.29. The maximum absolute atomic E-state index is 5.58. The summed E-state index contributed by atoms with van der Waals surface area (Å²) in [6, 6.07) is 0. The Labute approximate surface area is 85.3 Å². The van der Waals surface area contributed by atoms with E-state index in [-0.39, 0.29) is 0 Å². The van der Waals surface area contributed by atoms with E-state index in [9.17, 15) is 0 Å². The van der Waals surface area contributed by atoms with Crippen LogP contribution in [0.25, 0.3) is 0 Å². The first-order chi connectivity index (χ1) is 6.58. The van der Waals surface area contributed by atoms with Crippen molar-refractivity contribution in [2.75, 3.05) is 5.73 Å². The van der Waals surface area contributed by atoms with Gasteiger partial charge in [-0.2, -0.15) is 5.10 Å². The van der Waals surface area contributed by atoms with Gasteiger partial charge in [0, 0.05) is 12.7 Å². The van der Waals surface area contributed by atoms with Gasteiger partial charge >= 0.3 is 0 Å². The van der Waals surface area contributed by atoms with E-state index in [1.807, 2.05) is 10.9 Å². The highest BCUT2D eigenvalue weighted by atomic mass is 15.3. The van der Waals surface area contributed by atoms with Crippen molar-refractivity contribution in [2.45, 2.75) is 39.7 Å². The second-order valence-corrected chi connectivity index (χ2v) is 5.07. The summed E-state index contributed by atoms with van der Waals surface area (Å²) >= 11 is 0. The molecule has 0 aromatic carbocycles. The van der Waals surface area contributed by atoms with Crippen molar-refractivity contribution in [3.63, 3.8) is 0 Å². The molecule has 0 spiro atoms. The minimum absolute atomic E-state index is 0.614. The molecule has 1 aromatic rings. The molecule has 78 valence electrons. The van der Waals surface area contributed by atoms with Gasteiger partial charge < -0.3 is 5.73 Å². The fourth-order valence-corrected chi connectivity index (χ4v) is 2.07. The van der Waals surface area contributed by atoms with E-state index < -0.39 is 0 Å². The van der Waals surface area contributed by atoms with E-state index >= 15 is 0 Å². The van der Waals surface area contributed by atoms with Gasteiger partial charge in [-0.15, -0.1) is 0 Å². The number of nitrogens with two attached hydrogens (primary N) is 1. The Bertz CT molecular complexity index is 314. The van der Waals surface area contributed by atoms with E-state index in [1.165, 1.54) is 19.3 Å². The second-order valence-electron chi connectivity index (χ2n) is 5.07. The van der Waals surface area contributed by atoms with E-state index in [0.29, 0.717) is 5.41 Å². The molecule has 3 nitrogen and oxygen atoms in total. The van der Waals surface area contributed by atoms with Gasteiger partial charge in [-0.25, -0.2) is 0 Å². The van der Waals surface area contributed by atoms with Crippen molar-refractivity contribution in [1.82, 2.24) is 9.78 Å². The lowest BCUT2D eigenvalue weighted by atomic mass is 10.1. The average molecular weight is 193 g/mol. The molecule has 1 aliphatic rings. The first kappa shape index (κ1) is 9.56. The van der Waals surface area contributed by atoms with Crippen LogP contribution in [-0.4, -0.2) is 9.78 Å². The van der Waals surface area contributed by atoms with Crippen LogP contribution in [0, 0.1) is 11.3 Å². The lowest BCUT2D eigenvalue weighted by molar-refractivity contribution is 0.480. The van der Waals surface area contributed by atoms with Crippen molar-refractivity contribution in [1.29, 1.82) is 0 Å². The molecule has 1 aliphatic carbocycles. The van der Waals surface area contributed by atoms with Gasteiger partial charge in [-0.3, -0.25) is 4.68 Å². The monoisotopic (exact) mass is 193 g/mol. The number of nitrogen functional groups attached to an aromatic ring is 1. The molecule has 0 amide bonds. The molecular weight excluding hydrogens is 174 g/mol. The lowest BCUT2D eigenvalue weighted by Crippen LogP contribution is -1.99. The largest absolute Gasteiger partial charge is 0.396 e. The molecule has 1 heterocycles. The van der Waals surface area contributed by atoms with Gasteiger partial charge in [0.05, 0.1) is 11.9 Å². The third-order valence-electron chi connectivity index (χ3n) is 3.31. The molecular formula is C11H19N3. The maximum atomic E-state index is 5.58. The van der Waals surface area contributed by atoms with Crippen LogP contribution in [0.1, 0.15) is 33.1 Å². The Balaban J connectivity index is 1.69. The molecule has 1 aromatic heterocycles. The number of hydrogen-bond donors (Lipinski definition) is 1. The highest BCUT2D eigenvalue weighted by Gasteiger charge is 2.44. The molecule has 3 heteroatoms. The van der Waals surface area contributed by atoms with Crippen LogP contribution in [0.4, 0.5) is 5.69 Å². The zero-order valence-corrected chi connectivity index (χ0v) is 9.03. The fraction of sp³-hybridized carbons (Fsp3) is 0.727. The first-order valence-electron chi connectivity index (χ1n) is 5.36. The summed E-state index contributed by atoms with van der Waals surface area (Å²) < 4.78 is 1.94. The molecule has 1 fully saturated rings. The van der Waals surface area contributed by atoms with Crippen molar-refractivity contribution < 1.29 is 0 Å². The van der Waals surface area contributed by atoms with Crippen LogP contribution >= 0.6 is 0 Å². The molecule has 1 unspecified atom stereocenters. The number of anilines is 1. The summed E-state index contributed by atoms with van der Waals surface area (Å²) in [6.45, 7) is 5.71. The maximum Gasteiger partial charge on any atom is 0.0719 e. The van der Waals surface area contributed by atoms with Gasteiger partial charge in [0.1, 0.15) is 0 Å². The third kappa shape index (κ3) is 2.08. The van der Waals surface area contributed by atoms with Crippen LogP contribution in [0.5, 0.6) is 0 Å². The number of rotatable bonds is 4. The Morgan fingerprint density at radius 2 is 2.36 bits per heavy atom. The van der Waals surface area contributed by atoms with Crippen LogP contribution in [0.2, 0.25) is 0 Å². The first-order valence-corrected chi connectivity index (χ1v) is 5.36. The molecule has 0 radical (unpaired) electrons. The second kappa shape index (κ2) is 3.30. The van der Waals surface area contributed by atoms with Crippen molar-refractivity contribution in [3.05, 3.63) is 12.4 Å². The Hall–Kier alpha value is -0.990. The summed E-state index contributed by atoms with van der Waals surface area (Å²) in [5.74, 6) is 0.940. The zero-order valence-electron chi connectivity index (χ0n) is 9.03. The summed E-state index contributed by atoms with van der Waals surface area (Å²) in [5.41, 5.74) is 6.96. The summed E-state index contributed by atoms with van der Waals surface area (Å²) in [4.78, 5) is 0. The lowest BCUT2D eigenvalue weighted by Gasteiger charge is -2.03. The van der Waals surface area contributed by atoms with Crippen molar-refractivity contribution in [3.8, 4) is 0 Å². The number of aromatic nitrogens is 2. The van der Waals surface area contributed by atoms with Crippen molar-refractivity contribution in [2.24, 2.45) is 11.3 Å². The Morgan fingerprint density at radius 3 is 2.86 bits per heavy atom. The van der Waals surface area contributed by atoms with E-state index in [1.54, 1.807) is 6.20 Å². The van der Waals surface area contributed by atoms with Gasteiger partial charge in [-0.1, -0.05) is 13.8 Å². The third-order valence-corrected chi connectivity index (χ3v) is 3.31. The molecule has 1 atom stereocenters. The highest BCUT2D eigenvalue weighted by molar-refractivity contribution is 5.30. The number of aryl methyl sites for hydroxylation is 1. The number of nitrogens with zero attached hydrogens (tertiary/aromatic N) is 2. The molecule has 0 aliphatic heterocycles. The molecule has 0 bridgehead atoms. The van der Waals surface area contributed by atoms with Gasteiger partial charge in [-0.05, 0) is 30.6 Å². The van der Waals surface area contributed by atoms with E-state index in [2.05, 4.69) is 18.9 Å². The standard InChI is InChI=1S/C11H19N3/c1-11(2)6-9(11)4-3-5-14-8-10(12)7-13-14/h7-9H,3-6,12H2,1-2H3. The van der Waals surface area contributed by atoms with Gasteiger partial charge in [0.25, 0.3) is 0 Å². The number of hydrogen-bond acceptors (Lipinski definition) is 2. The van der Waals surface area contributed by atoms with Crippen molar-refractivity contribution >= 4 is 5.69 Å². The SMILES string of the molecule is CC1(C)CC1CCCn1cc(N)cn1. The van der Waals surface area contributed by atoms with E-state index in [0.717, 1.165) is 18.2 Å². The van der Waals surface area contributed by atoms with Crippen LogP contribution in [0.3, 0.4) is 0 Å². The van der Waals surface area contributed by atoms with E-state index in [4.69, 9.17) is 5.73 Å². The zero-order chi connectivity index (χ0) is 10.2. The Kier molecular flexibility index (Phi) is 2.25. The Morgan fingerprint density at radius 1 is 1.64 bits per heavy atom. The van der Waals surface area contributed by atoms with Gasteiger partial charge in [0.2, 0.25) is 0 Å². The minimum atomic E-state index is 0.614. The molecule has 14 heavy (non-hydrogen) atoms. The summed E-state index contributed by atoms with van der Waals surface area (Å²) in [7, 11) is 0. The predicted molar refractivity (Wildman–Crippen MR) is 57.8 cm³/mol.